The minimum atomic E-state index is -1.08. The maximum atomic E-state index is 11.1. The van der Waals surface area contributed by atoms with Crippen molar-refractivity contribution in [1.29, 1.82) is 0 Å². The van der Waals surface area contributed by atoms with Gasteiger partial charge in [-0.05, 0) is 29.3 Å². The van der Waals surface area contributed by atoms with Gasteiger partial charge in [0, 0.05) is 0 Å². The first-order valence-corrected chi connectivity index (χ1v) is 5.25. The molecule has 98 valence electrons. The molecule has 5 nitrogen and oxygen atoms in total. The third kappa shape index (κ3) is 2.97. The molecule has 0 saturated carbocycles. The summed E-state index contributed by atoms with van der Waals surface area (Å²) in [5, 5.41) is 18.0. The Hall–Kier alpha value is -2.66. The van der Waals surface area contributed by atoms with Crippen molar-refractivity contribution in [3.8, 4) is 11.1 Å². The maximum absolute atomic E-state index is 11.1. The first kappa shape index (κ1) is 14.4. The number of hydrogen-bond donors (Lipinski definition) is 2. The molecule has 5 heteroatoms. The molecule has 0 radical (unpaired) electrons. The molecule has 0 aliphatic heterocycles. The zero-order valence-electron chi connectivity index (χ0n) is 9.83. The average Bonchev–Trinajstić information content (AvgIpc) is 2.39. The molecule has 0 bridgehead atoms. The number of carboxylic acids is 2. The third-order valence-corrected chi connectivity index (χ3v) is 2.58. The molecule has 0 fully saturated rings. The number of benzene rings is 2. The van der Waals surface area contributed by atoms with Gasteiger partial charge in [-0.25, -0.2) is 9.59 Å². The molecule has 0 unspecified atom stereocenters. The van der Waals surface area contributed by atoms with Crippen molar-refractivity contribution in [3.05, 3.63) is 59.7 Å². The van der Waals surface area contributed by atoms with Gasteiger partial charge in [0.1, 0.15) is 0 Å². The van der Waals surface area contributed by atoms with Crippen molar-refractivity contribution in [1.82, 2.24) is 0 Å². The Kier molecular flexibility index (Phi) is 4.39. The monoisotopic (exact) mass is 260 g/mol. The maximum Gasteiger partial charge on any atom is 0.336 e. The predicted molar refractivity (Wildman–Crippen MR) is 69.4 cm³/mol. The van der Waals surface area contributed by atoms with E-state index in [1.165, 1.54) is 18.2 Å². The standard InChI is InChI=1S/C14H10O4.H2O/c15-13(16)10-6-7-11(14(17)18)12(8-10)9-4-2-1-3-5-9;/h1-8H,(H,15,16)(H,17,18);1H2. The van der Waals surface area contributed by atoms with Crippen LogP contribution >= 0.6 is 0 Å². The average molecular weight is 260 g/mol. The summed E-state index contributed by atoms with van der Waals surface area (Å²) in [7, 11) is 0. The Bertz CT molecular complexity index is 604. The molecule has 0 atom stereocenters. The largest absolute Gasteiger partial charge is 0.478 e. The molecule has 0 aliphatic rings. The van der Waals surface area contributed by atoms with Crippen LogP contribution in [0.3, 0.4) is 0 Å². The summed E-state index contributed by atoms with van der Waals surface area (Å²) in [4.78, 5) is 22.0. The molecule has 0 aliphatic carbocycles. The van der Waals surface area contributed by atoms with E-state index >= 15 is 0 Å². The molecule has 0 saturated heterocycles. The molecule has 2 aromatic rings. The number of carbonyl (C=O) groups is 2. The summed E-state index contributed by atoms with van der Waals surface area (Å²) in [5.74, 6) is -2.16. The Balaban J connectivity index is 0.00000180. The lowest BCUT2D eigenvalue weighted by Crippen LogP contribution is -2.03. The number of carboxylic acid groups (broad SMARTS) is 2. The van der Waals surface area contributed by atoms with Crippen molar-refractivity contribution < 1.29 is 25.3 Å². The SMILES string of the molecule is O.O=C(O)c1ccc(C(=O)O)c(-c2ccccc2)c1. The molecular formula is C14H12O5. The summed E-state index contributed by atoms with van der Waals surface area (Å²) < 4.78 is 0. The van der Waals surface area contributed by atoms with Gasteiger partial charge in [0.05, 0.1) is 11.1 Å². The van der Waals surface area contributed by atoms with Crippen LogP contribution in [0.5, 0.6) is 0 Å². The van der Waals surface area contributed by atoms with Gasteiger partial charge in [-0.15, -0.1) is 0 Å². The smallest absolute Gasteiger partial charge is 0.336 e. The second-order valence-electron chi connectivity index (χ2n) is 3.74. The van der Waals surface area contributed by atoms with Crippen LogP contribution in [0.15, 0.2) is 48.5 Å². The van der Waals surface area contributed by atoms with Crippen molar-refractivity contribution in [2.24, 2.45) is 0 Å². The highest BCUT2D eigenvalue weighted by Gasteiger charge is 2.14. The van der Waals surface area contributed by atoms with E-state index in [9.17, 15) is 9.59 Å². The van der Waals surface area contributed by atoms with Gasteiger partial charge in [-0.2, -0.15) is 0 Å². The number of aromatic carboxylic acids is 2. The van der Waals surface area contributed by atoms with Crippen molar-refractivity contribution in [2.45, 2.75) is 0 Å². The van der Waals surface area contributed by atoms with Crippen molar-refractivity contribution in [2.75, 3.05) is 0 Å². The zero-order valence-corrected chi connectivity index (χ0v) is 9.83. The summed E-state index contributed by atoms with van der Waals surface area (Å²) in [5.41, 5.74) is 1.24. The third-order valence-electron chi connectivity index (χ3n) is 2.58. The van der Waals surface area contributed by atoms with E-state index in [-0.39, 0.29) is 16.6 Å². The van der Waals surface area contributed by atoms with E-state index in [2.05, 4.69) is 0 Å². The molecular weight excluding hydrogens is 248 g/mol. The van der Waals surface area contributed by atoms with E-state index in [0.29, 0.717) is 11.1 Å². The van der Waals surface area contributed by atoms with E-state index in [4.69, 9.17) is 10.2 Å². The van der Waals surface area contributed by atoms with E-state index in [0.717, 1.165) is 0 Å². The number of rotatable bonds is 3. The second kappa shape index (κ2) is 5.79. The normalized spacial score (nSPS) is 9.47. The van der Waals surface area contributed by atoms with E-state index < -0.39 is 11.9 Å². The topological polar surface area (TPSA) is 106 Å². The van der Waals surface area contributed by atoms with E-state index in [1.807, 2.05) is 6.07 Å². The highest BCUT2D eigenvalue weighted by atomic mass is 16.4. The van der Waals surface area contributed by atoms with Crippen LogP contribution in [0.4, 0.5) is 0 Å². The van der Waals surface area contributed by atoms with Crippen molar-refractivity contribution in [3.63, 3.8) is 0 Å². The van der Waals surface area contributed by atoms with Gasteiger partial charge < -0.3 is 15.7 Å². The van der Waals surface area contributed by atoms with Crippen LogP contribution in [-0.2, 0) is 0 Å². The van der Waals surface area contributed by atoms with Crippen LogP contribution in [-0.4, -0.2) is 27.6 Å². The Morgan fingerprint density at radius 1 is 0.842 bits per heavy atom. The Morgan fingerprint density at radius 2 is 1.47 bits per heavy atom. The fraction of sp³-hybridized carbons (Fsp3) is 0. The van der Waals surface area contributed by atoms with Crippen LogP contribution in [0.2, 0.25) is 0 Å². The summed E-state index contributed by atoms with van der Waals surface area (Å²) >= 11 is 0. The summed E-state index contributed by atoms with van der Waals surface area (Å²) in [6.07, 6.45) is 0. The molecule has 0 spiro atoms. The first-order valence-electron chi connectivity index (χ1n) is 5.25. The van der Waals surface area contributed by atoms with Crippen LogP contribution in [0.25, 0.3) is 11.1 Å². The molecule has 19 heavy (non-hydrogen) atoms. The van der Waals surface area contributed by atoms with Gasteiger partial charge >= 0.3 is 11.9 Å². The fourth-order valence-electron chi connectivity index (χ4n) is 1.72. The lowest BCUT2D eigenvalue weighted by molar-refractivity contribution is 0.0682. The fourth-order valence-corrected chi connectivity index (χ4v) is 1.72. The predicted octanol–water partition coefficient (Wildman–Crippen LogP) is 1.93. The molecule has 0 aromatic heterocycles. The Morgan fingerprint density at radius 3 is 2.00 bits per heavy atom. The quantitative estimate of drug-likeness (QED) is 0.879. The van der Waals surface area contributed by atoms with Gasteiger partial charge in [0.15, 0.2) is 0 Å². The Labute approximate surface area is 109 Å². The molecule has 2 aromatic carbocycles. The molecule has 2 rings (SSSR count). The highest BCUT2D eigenvalue weighted by Crippen LogP contribution is 2.25. The summed E-state index contributed by atoms with van der Waals surface area (Å²) in [6, 6.07) is 12.8. The first-order chi connectivity index (χ1) is 8.59. The number of hydrogen-bond acceptors (Lipinski definition) is 2. The molecule has 0 amide bonds. The minimum Gasteiger partial charge on any atom is -0.478 e. The van der Waals surface area contributed by atoms with Gasteiger partial charge in [-0.3, -0.25) is 0 Å². The summed E-state index contributed by atoms with van der Waals surface area (Å²) in [6.45, 7) is 0. The lowest BCUT2D eigenvalue weighted by atomic mass is 9.97. The van der Waals surface area contributed by atoms with Gasteiger partial charge in [-0.1, -0.05) is 30.3 Å². The van der Waals surface area contributed by atoms with Crippen LogP contribution in [0.1, 0.15) is 20.7 Å². The van der Waals surface area contributed by atoms with Gasteiger partial charge in [0.25, 0.3) is 0 Å². The van der Waals surface area contributed by atoms with Gasteiger partial charge in [0.2, 0.25) is 0 Å². The van der Waals surface area contributed by atoms with E-state index in [1.54, 1.807) is 24.3 Å². The lowest BCUT2D eigenvalue weighted by Gasteiger charge is -2.07. The van der Waals surface area contributed by atoms with Crippen LogP contribution < -0.4 is 0 Å². The molecule has 0 heterocycles. The second-order valence-corrected chi connectivity index (χ2v) is 3.74. The van der Waals surface area contributed by atoms with Crippen molar-refractivity contribution >= 4 is 11.9 Å². The molecule has 4 N–H and O–H groups in total. The zero-order chi connectivity index (χ0) is 13.1. The van der Waals surface area contributed by atoms with Crippen LogP contribution in [0, 0.1) is 0 Å². The highest BCUT2D eigenvalue weighted by molar-refractivity contribution is 5.99. The minimum absolute atomic E-state index is 0.